The minimum absolute atomic E-state index is 0.295. The maximum absolute atomic E-state index is 9.08. The first-order valence-corrected chi connectivity index (χ1v) is 5.99. The van der Waals surface area contributed by atoms with E-state index in [4.69, 9.17) is 22.4 Å². The van der Waals surface area contributed by atoms with Gasteiger partial charge in [-0.15, -0.1) is 0 Å². The highest BCUT2D eigenvalue weighted by molar-refractivity contribution is 6.33. The van der Waals surface area contributed by atoms with Crippen LogP contribution in [0.5, 0.6) is 0 Å². The third kappa shape index (κ3) is 2.42. The van der Waals surface area contributed by atoms with Crippen LogP contribution in [0.25, 0.3) is 0 Å². The molecule has 0 radical (unpaired) electrons. The highest BCUT2D eigenvalue weighted by Gasteiger charge is 2.19. The number of benzene rings is 1. The molecule has 0 spiro atoms. The molecule has 0 aromatic heterocycles. The average Bonchev–Trinajstić information content (AvgIpc) is 2.29. The molecular formula is C12H17ClN2O. The predicted molar refractivity (Wildman–Crippen MR) is 67.9 cm³/mol. The molecular weight excluding hydrogens is 224 g/mol. The Morgan fingerprint density at radius 3 is 2.62 bits per heavy atom. The molecule has 0 bridgehead atoms. The Labute approximate surface area is 101 Å². The third-order valence-electron chi connectivity index (χ3n) is 3.19. The van der Waals surface area contributed by atoms with Crippen molar-refractivity contribution in [2.45, 2.75) is 12.8 Å². The average molecular weight is 241 g/mol. The molecule has 0 atom stereocenters. The fourth-order valence-electron chi connectivity index (χ4n) is 2.14. The van der Waals surface area contributed by atoms with Crippen molar-refractivity contribution in [3.63, 3.8) is 0 Å². The highest BCUT2D eigenvalue weighted by atomic mass is 35.5. The van der Waals surface area contributed by atoms with Crippen molar-refractivity contribution in [1.82, 2.24) is 0 Å². The minimum Gasteiger partial charge on any atom is -0.399 e. The lowest BCUT2D eigenvalue weighted by molar-refractivity contribution is 0.203. The first-order valence-electron chi connectivity index (χ1n) is 5.61. The number of nitrogens with zero attached hydrogens (tertiary/aromatic N) is 1. The third-order valence-corrected chi connectivity index (χ3v) is 3.49. The molecule has 1 fully saturated rings. The van der Waals surface area contributed by atoms with Gasteiger partial charge in [-0.25, -0.2) is 0 Å². The summed E-state index contributed by atoms with van der Waals surface area (Å²) < 4.78 is 0. The van der Waals surface area contributed by atoms with Gasteiger partial charge in [-0.1, -0.05) is 11.6 Å². The molecule has 0 saturated carbocycles. The van der Waals surface area contributed by atoms with Gasteiger partial charge in [-0.2, -0.15) is 0 Å². The molecule has 0 amide bonds. The number of piperidine rings is 1. The molecule has 1 aromatic carbocycles. The van der Waals surface area contributed by atoms with Crippen molar-refractivity contribution in [2.75, 3.05) is 30.3 Å². The predicted octanol–water partition coefficient (Wildman–Crippen LogP) is 2.13. The Morgan fingerprint density at radius 2 is 2.06 bits per heavy atom. The number of nitrogens with two attached hydrogens (primary N) is 1. The van der Waals surface area contributed by atoms with E-state index < -0.39 is 0 Å². The van der Waals surface area contributed by atoms with E-state index in [1.165, 1.54) is 0 Å². The number of hydrogen-bond acceptors (Lipinski definition) is 3. The van der Waals surface area contributed by atoms with E-state index in [0.717, 1.165) is 31.6 Å². The zero-order valence-electron chi connectivity index (χ0n) is 9.19. The number of anilines is 2. The second-order valence-corrected chi connectivity index (χ2v) is 4.73. The number of aliphatic hydroxyl groups is 1. The standard InChI is InChI=1S/C12H17ClN2O/c13-11-7-10(14)1-2-12(11)15-5-3-9(8-16)4-6-15/h1-2,7,9,16H,3-6,8,14H2. The van der Waals surface area contributed by atoms with E-state index >= 15 is 0 Å². The van der Waals surface area contributed by atoms with Crippen molar-refractivity contribution in [1.29, 1.82) is 0 Å². The Hall–Kier alpha value is -0.930. The summed E-state index contributed by atoms with van der Waals surface area (Å²) in [4.78, 5) is 2.26. The summed E-state index contributed by atoms with van der Waals surface area (Å²) in [5.74, 6) is 0.448. The van der Waals surface area contributed by atoms with Gasteiger partial charge in [-0.3, -0.25) is 0 Å². The molecule has 3 N–H and O–H groups in total. The van der Waals surface area contributed by atoms with Crippen LogP contribution in [-0.4, -0.2) is 24.8 Å². The number of hydrogen-bond donors (Lipinski definition) is 2. The lowest BCUT2D eigenvalue weighted by Gasteiger charge is -2.33. The van der Waals surface area contributed by atoms with Gasteiger partial charge in [0.15, 0.2) is 0 Å². The first-order chi connectivity index (χ1) is 7.70. The first kappa shape index (κ1) is 11.6. The van der Waals surface area contributed by atoms with Gasteiger partial charge in [-0.05, 0) is 37.0 Å². The van der Waals surface area contributed by atoms with Crippen LogP contribution < -0.4 is 10.6 Å². The maximum Gasteiger partial charge on any atom is 0.0660 e. The van der Waals surface area contributed by atoms with Crippen LogP contribution in [0.2, 0.25) is 5.02 Å². The molecule has 16 heavy (non-hydrogen) atoms. The van der Waals surface area contributed by atoms with Crippen LogP contribution in [0, 0.1) is 5.92 Å². The summed E-state index contributed by atoms with van der Waals surface area (Å²) in [6.45, 7) is 2.20. The molecule has 2 rings (SSSR count). The molecule has 88 valence electrons. The van der Waals surface area contributed by atoms with Crippen LogP contribution >= 0.6 is 11.6 Å². The zero-order chi connectivity index (χ0) is 11.5. The van der Waals surface area contributed by atoms with Gasteiger partial charge >= 0.3 is 0 Å². The van der Waals surface area contributed by atoms with E-state index in [1.54, 1.807) is 6.07 Å². The minimum atomic E-state index is 0.295. The van der Waals surface area contributed by atoms with E-state index in [2.05, 4.69) is 4.90 Å². The summed E-state index contributed by atoms with van der Waals surface area (Å²) in [6.07, 6.45) is 2.05. The topological polar surface area (TPSA) is 49.5 Å². The van der Waals surface area contributed by atoms with Gasteiger partial charge in [0.2, 0.25) is 0 Å². The number of rotatable bonds is 2. The fourth-order valence-corrected chi connectivity index (χ4v) is 2.44. The van der Waals surface area contributed by atoms with Crippen LogP contribution in [0.1, 0.15) is 12.8 Å². The van der Waals surface area contributed by atoms with Gasteiger partial charge < -0.3 is 15.7 Å². The Balaban J connectivity index is 2.08. The van der Waals surface area contributed by atoms with Crippen molar-refractivity contribution in [2.24, 2.45) is 5.92 Å². The van der Waals surface area contributed by atoms with Gasteiger partial charge in [0, 0.05) is 25.4 Å². The Bertz CT molecular complexity index is 362. The maximum atomic E-state index is 9.08. The SMILES string of the molecule is Nc1ccc(N2CCC(CO)CC2)c(Cl)c1. The summed E-state index contributed by atoms with van der Waals surface area (Å²) in [5, 5.41) is 9.79. The van der Waals surface area contributed by atoms with Gasteiger partial charge in [0.05, 0.1) is 10.7 Å². The largest absolute Gasteiger partial charge is 0.399 e. The molecule has 3 nitrogen and oxygen atoms in total. The van der Waals surface area contributed by atoms with Crippen molar-refractivity contribution in [3.05, 3.63) is 23.2 Å². The van der Waals surface area contributed by atoms with E-state index in [1.807, 2.05) is 12.1 Å². The molecule has 4 heteroatoms. The molecule has 1 aliphatic heterocycles. The smallest absolute Gasteiger partial charge is 0.0660 e. The molecule has 1 saturated heterocycles. The molecule has 0 unspecified atom stereocenters. The quantitative estimate of drug-likeness (QED) is 0.779. The Kier molecular flexibility index (Phi) is 3.56. The highest BCUT2D eigenvalue weighted by Crippen LogP contribution is 2.30. The monoisotopic (exact) mass is 240 g/mol. The Morgan fingerprint density at radius 1 is 1.38 bits per heavy atom. The van der Waals surface area contributed by atoms with Crippen molar-refractivity contribution < 1.29 is 5.11 Å². The summed E-state index contributed by atoms with van der Waals surface area (Å²) >= 11 is 6.16. The lowest BCUT2D eigenvalue weighted by Crippen LogP contribution is -2.34. The molecule has 1 aromatic rings. The fraction of sp³-hybridized carbons (Fsp3) is 0.500. The zero-order valence-corrected chi connectivity index (χ0v) is 9.95. The summed E-state index contributed by atoms with van der Waals surface area (Å²) in [6, 6.07) is 5.63. The molecule has 1 heterocycles. The van der Waals surface area contributed by atoms with Crippen LogP contribution in [0.3, 0.4) is 0 Å². The second kappa shape index (κ2) is 4.93. The number of nitrogen functional groups attached to an aromatic ring is 1. The van der Waals surface area contributed by atoms with Crippen LogP contribution in [-0.2, 0) is 0 Å². The van der Waals surface area contributed by atoms with Crippen molar-refractivity contribution in [3.8, 4) is 0 Å². The van der Waals surface area contributed by atoms with Crippen LogP contribution in [0.4, 0.5) is 11.4 Å². The summed E-state index contributed by atoms with van der Waals surface area (Å²) in [5.41, 5.74) is 7.41. The number of aliphatic hydroxyl groups excluding tert-OH is 1. The molecule has 1 aliphatic rings. The normalized spacial score (nSPS) is 17.8. The summed E-state index contributed by atoms with van der Waals surface area (Å²) in [7, 11) is 0. The number of halogens is 1. The molecule has 0 aliphatic carbocycles. The van der Waals surface area contributed by atoms with Crippen molar-refractivity contribution >= 4 is 23.0 Å². The lowest BCUT2D eigenvalue weighted by atomic mass is 9.97. The van der Waals surface area contributed by atoms with Gasteiger partial charge in [0.1, 0.15) is 0 Å². The van der Waals surface area contributed by atoms with Crippen LogP contribution in [0.15, 0.2) is 18.2 Å². The van der Waals surface area contributed by atoms with E-state index in [9.17, 15) is 0 Å². The van der Waals surface area contributed by atoms with E-state index in [0.29, 0.717) is 23.2 Å². The van der Waals surface area contributed by atoms with Gasteiger partial charge in [0.25, 0.3) is 0 Å². The second-order valence-electron chi connectivity index (χ2n) is 4.32. The van der Waals surface area contributed by atoms with E-state index in [-0.39, 0.29) is 0 Å².